The Balaban J connectivity index is 1.96. The molecule has 1 fully saturated rings. The van der Waals surface area contributed by atoms with Crippen LogP contribution in [0.4, 0.5) is 10.3 Å². The summed E-state index contributed by atoms with van der Waals surface area (Å²) in [6.07, 6.45) is -4.69. The highest BCUT2D eigenvalue weighted by Gasteiger charge is 2.45. The van der Waals surface area contributed by atoms with E-state index in [4.69, 9.17) is 20.3 Å². The number of rotatable bonds is 4. The highest BCUT2D eigenvalue weighted by atomic mass is 31.2. The number of H-pyrrole nitrogens is 1. The number of nitrogens with two attached hydrogens (primary N) is 1. The summed E-state index contributed by atoms with van der Waals surface area (Å²) in [5, 5.41) is 9.97. The Morgan fingerprint density at radius 3 is 2.88 bits per heavy atom. The van der Waals surface area contributed by atoms with Gasteiger partial charge in [-0.25, -0.2) is 13.9 Å². The zero-order valence-electron chi connectivity index (χ0n) is 13.4. The van der Waals surface area contributed by atoms with Crippen molar-refractivity contribution in [2.24, 2.45) is 5.92 Å². The molecule has 0 saturated carbocycles. The van der Waals surface area contributed by atoms with Crippen molar-refractivity contribution in [1.29, 1.82) is 0 Å². The lowest BCUT2D eigenvalue weighted by Crippen LogP contribution is -2.51. The van der Waals surface area contributed by atoms with Gasteiger partial charge in [0.05, 0.1) is 12.9 Å². The molecule has 0 radical (unpaired) electrons. The number of phosphoric acid groups is 1. The first-order valence-electron chi connectivity index (χ1n) is 7.48. The van der Waals surface area contributed by atoms with Gasteiger partial charge in [0.25, 0.3) is 5.56 Å². The molecule has 1 aliphatic heterocycles. The molecule has 144 valence electrons. The molecule has 6 N–H and O–H groups in total. The fourth-order valence-corrected chi connectivity index (χ4v) is 3.15. The van der Waals surface area contributed by atoms with Crippen LogP contribution in [0, 0.1) is 5.92 Å². The van der Waals surface area contributed by atoms with Crippen molar-refractivity contribution in [2.45, 2.75) is 31.5 Å². The normalized spacial score (nSPS) is 30.0. The lowest BCUT2D eigenvalue weighted by Gasteiger charge is -2.40. The lowest BCUT2D eigenvalue weighted by atomic mass is 9.92. The van der Waals surface area contributed by atoms with Gasteiger partial charge in [0, 0.05) is 5.92 Å². The van der Waals surface area contributed by atoms with Gasteiger partial charge in [-0.05, 0) is 0 Å². The molecule has 0 aromatic carbocycles. The summed E-state index contributed by atoms with van der Waals surface area (Å²) in [7, 11) is -4.83. The van der Waals surface area contributed by atoms with Gasteiger partial charge >= 0.3 is 7.82 Å². The smallest absolute Gasteiger partial charge is 0.387 e. The molecule has 0 aliphatic carbocycles. The number of ether oxygens (including phenoxy) is 1. The number of imidazole rings is 1. The van der Waals surface area contributed by atoms with Crippen LogP contribution < -0.4 is 11.3 Å². The van der Waals surface area contributed by atoms with Crippen molar-refractivity contribution in [3.63, 3.8) is 0 Å². The van der Waals surface area contributed by atoms with E-state index in [1.807, 2.05) is 0 Å². The van der Waals surface area contributed by atoms with Gasteiger partial charge in [0.15, 0.2) is 11.2 Å². The largest absolute Gasteiger partial charge is 0.469 e. The third-order valence-electron chi connectivity index (χ3n) is 4.11. The van der Waals surface area contributed by atoms with E-state index in [0.29, 0.717) is 0 Å². The standard InChI is InChI=1S/C12H17FN5O7P/c1-4-6(13)8(19)5(2-24-26(21,22)23)25-11(4)18-3-15-7-9(18)16-12(14)17-10(7)20/h3-6,8,11,19H,2H2,1H3,(H2,21,22,23)(H3,14,16,17,20)/t4?,5-,6?,8?,11-/m1/s1. The number of hydrogen-bond donors (Lipinski definition) is 5. The highest BCUT2D eigenvalue weighted by molar-refractivity contribution is 7.46. The molecule has 3 unspecified atom stereocenters. The Bertz CT molecular complexity index is 913. The Kier molecular flexibility index (Phi) is 4.86. The summed E-state index contributed by atoms with van der Waals surface area (Å²) in [6, 6.07) is 0. The van der Waals surface area contributed by atoms with Crippen molar-refractivity contribution < 1.29 is 33.1 Å². The van der Waals surface area contributed by atoms with E-state index in [2.05, 4.69) is 19.5 Å². The predicted molar refractivity (Wildman–Crippen MR) is 84.5 cm³/mol. The summed E-state index contributed by atoms with van der Waals surface area (Å²) in [5.41, 5.74) is 4.93. The third-order valence-corrected chi connectivity index (χ3v) is 4.59. The first-order chi connectivity index (χ1) is 12.1. The van der Waals surface area contributed by atoms with Crippen molar-refractivity contribution in [1.82, 2.24) is 19.5 Å². The number of halogens is 1. The van der Waals surface area contributed by atoms with Crippen LogP contribution in [0.1, 0.15) is 13.2 Å². The van der Waals surface area contributed by atoms with Crippen molar-refractivity contribution in [3.05, 3.63) is 16.7 Å². The second kappa shape index (κ2) is 6.68. The average Bonchev–Trinajstić information content (AvgIpc) is 2.95. The van der Waals surface area contributed by atoms with E-state index in [1.165, 1.54) is 17.8 Å². The first-order valence-corrected chi connectivity index (χ1v) is 9.01. The number of fused-ring (bicyclic) bond motifs is 1. The number of aliphatic hydroxyl groups is 1. The molecule has 14 heteroatoms. The fraction of sp³-hybridized carbons (Fsp3) is 0.583. The lowest BCUT2D eigenvalue weighted by molar-refractivity contribution is -0.210. The molecule has 12 nitrogen and oxygen atoms in total. The molecule has 2 aromatic heterocycles. The van der Waals surface area contributed by atoms with Crippen LogP contribution in [0.3, 0.4) is 0 Å². The van der Waals surface area contributed by atoms with Crippen LogP contribution in [0.15, 0.2) is 11.1 Å². The molecule has 5 atom stereocenters. The molecule has 1 aliphatic rings. The fourth-order valence-electron chi connectivity index (χ4n) is 2.81. The summed E-state index contributed by atoms with van der Waals surface area (Å²) in [4.78, 5) is 39.6. The molecule has 3 rings (SSSR count). The van der Waals surface area contributed by atoms with Crippen molar-refractivity contribution in [2.75, 3.05) is 12.3 Å². The Morgan fingerprint density at radius 2 is 2.23 bits per heavy atom. The van der Waals surface area contributed by atoms with Gasteiger partial charge in [0.1, 0.15) is 24.6 Å². The number of aromatic amines is 1. The Labute approximate surface area is 145 Å². The SMILES string of the molecule is CC1C(F)C(O)[C@@H](COP(=O)(O)O)O[C@H]1n1cnc2c(=O)[nH]c(N)nc21. The zero-order chi connectivity index (χ0) is 19.2. The van der Waals surface area contributed by atoms with E-state index >= 15 is 0 Å². The molecular formula is C12H17FN5O7P. The van der Waals surface area contributed by atoms with Crippen LogP contribution in [0.25, 0.3) is 11.2 Å². The Morgan fingerprint density at radius 1 is 1.54 bits per heavy atom. The minimum Gasteiger partial charge on any atom is -0.387 e. The van der Waals surface area contributed by atoms with Crippen LogP contribution in [0.2, 0.25) is 0 Å². The van der Waals surface area contributed by atoms with E-state index < -0.39 is 50.5 Å². The monoisotopic (exact) mass is 393 g/mol. The number of aromatic nitrogens is 4. The average molecular weight is 393 g/mol. The third kappa shape index (κ3) is 3.49. The van der Waals surface area contributed by atoms with Gasteiger partial charge in [0.2, 0.25) is 5.95 Å². The molecule has 2 aromatic rings. The number of nitrogens with one attached hydrogen (secondary N) is 1. The highest BCUT2D eigenvalue weighted by Crippen LogP contribution is 2.40. The number of hydrogen-bond acceptors (Lipinski definition) is 8. The number of anilines is 1. The van der Waals surface area contributed by atoms with Gasteiger partial charge in [-0.2, -0.15) is 4.98 Å². The minimum atomic E-state index is -4.83. The molecule has 0 spiro atoms. The second-order valence-corrected chi connectivity index (χ2v) is 7.16. The molecule has 3 heterocycles. The Hall–Kier alpha value is -1.89. The number of nitrogens with zero attached hydrogens (tertiary/aromatic N) is 3. The molecule has 0 amide bonds. The van der Waals surface area contributed by atoms with Gasteiger partial charge < -0.3 is 25.4 Å². The quantitative estimate of drug-likeness (QED) is 0.405. The van der Waals surface area contributed by atoms with Crippen LogP contribution in [0.5, 0.6) is 0 Å². The van der Waals surface area contributed by atoms with Crippen LogP contribution in [-0.4, -0.2) is 59.4 Å². The topological polar surface area (TPSA) is 186 Å². The van der Waals surface area contributed by atoms with Crippen LogP contribution >= 0.6 is 7.82 Å². The van der Waals surface area contributed by atoms with Gasteiger partial charge in [-0.3, -0.25) is 18.9 Å². The maximum absolute atomic E-state index is 14.5. The number of nitrogen functional groups attached to an aromatic ring is 1. The molecular weight excluding hydrogens is 376 g/mol. The summed E-state index contributed by atoms with van der Waals surface area (Å²) in [5.74, 6) is -1.07. The van der Waals surface area contributed by atoms with Gasteiger partial charge in [-0.15, -0.1) is 0 Å². The maximum Gasteiger partial charge on any atom is 0.469 e. The minimum absolute atomic E-state index is 0.0421. The van der Waals surface area contributed by atoms with Crippen molar-refractivity contribution in [3.8, 4) is 0 Å². The predicted octanol–water partition coefficient (Wildman–Crippen LogP) is -0.956. The van der Waals surface area contributed by atoms with E-state index in [9.17, 15) is 18.9 Å². The molecule has 26 heavy (non-hydrogen) atoms. The summed E-state index contributed by atoms with van der Waals surface area (Å²) >= 11 is 0. The second-order valence-electron chi connectivity index (χ2n) is 5.92. The number of aliphatic hydroxyl groups excluding tert-OH is 1. The maximum atomic E-state index is 14.5. The summed E-state index contributed by atoms with van der Waals surface area (Å²) in [6.45, 7) is 0.721. The summed E-state index contributed by atoms with van der Waals surface area (Å²) < 4.78 is 36.5. The van der Waals surface area contributed by atoms with E-state index in [1.54, 1.807) is 0 Å². The molecule has 0 bridgehead atoms. The first kappa shape index (κ1) is 18.9. The van der Waals surface area contributed by atoms with E-state index in [0.717, 1.165) is 0 Å². The zero-order valence-corrected chi connectivity index (χ0v) is 14.3. The van der Waals surface area contributed by atoms with Gasteiger partial charge in [-0.1, -0.05) is 6.92 Å². The molecule has 1 saturated heterocycles. The van der Waals surface area contributed by atoms with E-state index in [-0.39, 0.29) is 17.1 Å². The number of alkyl halides is 1. The van der Waals surface area contributed by atoms with Crippen molar-refractivity contribution >= 4 is 24.9 Å². The van der Waals surface area contributed by atoms with Crippen LogP contribution in [-0.2, 0) is 13.8 Å². The number of phosphoric ester groups is 1.